The van der Waals surface area contributed by atoms with Crippen molar-refractivity contribution in [1.82, 2.24) is 0 Å². The fourth-order valence-electron chi connectivity index (χ4n) is 2.09. The average Bonchev–Trinajstić information content (AvgIpc) is 2.47. The Bertz CT molecular complexity index is 598. The molecule has 2 aromatic carbocycles. The second-order valence-electron chi connectivity index (χ2n) is 5.91. The van der Waals surface area contributed by atoms with E-state index >= 15 is 0 Å². The smallest absolute Gasteiger partial charge is 0.395 e. The molecule has 116 valence electrons. The summed E-state index contributed by atoms with van der Waals surface area (Å²) in [7, 11) is -1.83. The first-order valence-electron chi connectivity index (χ1n) is 7.55. The summed E-state index contributed by atoms with van der Waals surface area (Å²) < 4.78 is 10.6. The van der Waals surface area contributed by atoms with Crippen LogP contribution in [-0.4, -0.2) is 23.7 Å². The van der Waals surface area contributed by atoms with E-state index in [1.165, 1.54) is 10.4 Å². The fourth-order valence-corrected chi connectivity index (χ4v) is 4.07. The Balaban J connectivity index is 2.04. The van der Waals surface area contributed by atoms with Crippen LogP contribution in [0.2, 0.25) is 26.2 Å². The summed E-state index contributed by atoms with van der Waals surface area (Å²) in [5.41, 5.74) is 0. The van der Waals surface area contributed by atoms with Crippen molar-refractivity contribution in [2.45, 2.75) is 26.2 Å². The summed E-state index contributed by atoms with van der Waals surface area (Å²) >= 11 is 0. The van der Waals surface area contributed by atoms with Crippen LogP contribution < -0.4 is 19.8 Å². The van der Waals surface area contributed by atoms with Gasteiger partial charge in [-0.1, -0.05) is 60.8 Å². The van der Waals surface area contributed by atoms with E-state index in [1.807, 2.05) is 24.3 Å². The summed E-state index contributed by atoms with van der Waals surface area (Å²) in [5.74, 6) is 1.08. The van der Waals surface area contributed by atoms with Crippen LogP contribution >= 0.6 is 0 Å². The minimum Gasteiger partial charge on any atom is -0.395 e. The fraction of sp³-hybridized carbons (Fsp3) is 0.235. The summed E-state index contributed by atoms with van der Waals surface area (Å²) in [6.07, 6.45) is -0.690. The van der Waals surface area contributed by atoms with Crippen LogP contribution in [0.15, 0.2) is 48.5 Å². The molecule has 0 saturated heterocycles. The van der Waals surface area contributed by atoms with Crippen molar-refractivity contribution in [3.8, 4) is 11.5 Å². The van der Waals surface area contributed by atoms with Gasteiger partial charge in [-0.3, -0.25) is 0 Å². The standard InChI is InChI=1S/C17H22O3Si2/c1-21(2)15-9-5-7-13(11-15)19-17(18)20-14-8-6-10-16(12-14)22(3)4/h5-12,21-22H,1-4H3. The van der Waals surface area contributed by atoms with Gasteiger partial charge < -0.3 is 9.47 Å². The lowest BCUT2D eigenvalue weighted by Gasteiger charge is -2.10. The number of benzene rings is 2. The van der Waals surface area contributed by atoms with Gasteiger partial charge in [0.2, 0.25) is 0 Å². The highest BCUT2D eigenvalue weighted by atomic mass is 28.3. The highest BCUT2D eigenvalue weighted by Gasteiger charge is 2.10. The molecule has 0 bridgehead atoms. The van der Waals surface area contributed by atoms with Gasteiger partial charge in [0, 0.05) is 0 Å². The molecule has 0 heterocycles. The van der Waals surface area contributed by atoms with E-state index in [9.17, 15) is 4.79 Å². The van der Waals surface area contributed by atoms with E-state index in [0.717, 1.165) is 0 Å². The van der Waals surface area contributed by atoms with E-state index in [2.05, 4.69) is 38.3 Å². The van der Waals surface area contributed by atoms with Gasteiger partial charge in [0.05, 0.1) is 17.6 Å². The Labute approximate surface area is 135 Å². The van der Waals surface area contributed by atoms with E-state index in [-0.39, 0.29) is 0 Å². The maximum Gasteiger partial charge on any atom is 0.519 e. The SMILES string of the molecule is C[SiH](C)c1cccc(OC(=O)Oc2cccc([SiH](C)C)c2)c1. The molecule has 0 N–H and O–H groups in total. The zero-order valence-corrected chi connectivity index (χ0v) is 15.8. The Morgan fingerprint density at radius 3 is 1.55 bits per heavy atom. The van der Waals surface area contributed by atoms with Crippen molar-refractivity contribution in [2.75, 3.05) is 0 Å². The molecule has 0 aliphatic carbocycles. The van der Waals surface area contributed by atoms with Crippen LogP contribution in [0.4, 0.5) is 4.79 Å². The van der Waals surface area contributed by atoms with Crippen molar-refractivity contribution >= 4 is 34.1 Å². The molecule has 0 aliphatic heterocycles. The lowest BCUT2D eigenvalue weighted by atomic mass is 10.3. The van der Waals surface area contributed by atoms with Gasteiger partial charge >= 0.3 is 6.16 Å². The lowest BCUT2D eigenvalue weighted by molar-refractivity contribution is 0.152. The number of rotatable bonds is 4. The first kappa shape index (κ1) is 16.5. The normalized spacial score (nSPS) is 10.8. The number of carbonyl (C=O) groups is 1. The first-order valence-corrected chi connectivity index (χ1v) is 13.3. The van der Waals surface area contributed by atoms with Gasteiger partial charge in [-0.25, -0.2) is 4.79 Å². The first-order chi connectivity index (χ1) is 10.5. The third kappa shape index (κ3) is 4.57. The number of hydrogen-bond donors (Lipinski definition) is 0. The molecule has 0 unspecified atom stereocenters. The predicted octanol–water partition coefficient (Wildman–Crippen LogP) is 2.65. The minimum atomic E-state index is -0.916. The van der Waals surface area contributed by atoms with Crippen molar-refractivity contribution < 1.29 is 14.3 Å². The van der Waals surface area contributed by atoms with Gasteiger partial charge in [-0.05, 0) is 24.3 Å². The molecule has 5 heteroatoms. The molecule has 2 rings (SSSR count). The maximum absolute atomic E-state index is 11.9. The van der Waals surface area contributed by atoms with Crippen LogP contribution in [0.25, 0.3) is 0 Å². The van der Waals surface area contributed by atoms with Gasteiger partial charge in [0.1, 0.15) is 11.5 Å². The second-order valence-corrected chi connectivity index (χ2v) is 11.9. The summed E-state index contributed by atoms with van der Waals surface area (Å²) in [6, 6.07) is 15.4. The van der Waals surface area contributed by atoms with E-state index in [0.29, 0.717) is 11.5 Å². The Kier molecular flexibility index (Phi) is 5.57. The average molecular weight is 331 g/mol. The molecule has 0 spiro atoms. The third-order valence-corrected chi connectivity index (χ3v) is 6.84. The monoisotopic (exact) mass is 330 g/mol. The molecule has 0 fully saturated rings. The van der Waals surface area contributed by atoms with Crippen molar-refractivity contribution in [3.05, 3.63) is 48.5 Å². The largest absolute Gasteiger partial charge is 0.519 e. The van der Waals surface area contributed by atoms with E-state index < -0.39 is 23.7 Å². The second kappa shape index (κ2) is 7.42. The van der Waals surface area contributed by atoms with E-state index in [1.54, 1.807) is 12.1 Å². The van der Waals surface area contributed by atoms with Crippen LogP contribution in [0.5, 0.6) is 11.5 Å². The molecule has 22 heavy (non-hydrogen) atoms. The van der Waals surface area contributed by atoms with Crippen LogP contribution in [0.3, 0.4) is 0 Å². The molecule has 0 atom stereocenters. The predicted molar refractivity (Wildman–Crippen MR) is 96.6 cm³/mol. The zero-order chi connectivity index (χ0) is 16.1. The summed E-state index contributed by atoms with van der Waals surface area (Å²) in [4.78, 5) is 11.9. The molecule has 2 aromatic rings. The van der Waals surface area contributed by atoms with Crippen molar-refractivity contribution in [2.24, 2.45) is 0 Å². The molecule has 0 aliphatic rings. The Hall–Kier alpha value is -1.86. The Morgan fingerprint density at radius 1 is 0.773 bits per heavy atom. The number of hydrogen-bond acceptors (Lipinski definition) is 3. The molecule has 0 aromatic heterocycles. The minimum absolute atomic E-state index is 0.540. The van der Waals surface area contributed by atoms with Crippen LogP contribution in [0, 0.1) is 0 Å². The Morgan fingerprint density at radius 2 is 1.18 bits per heavy atom. The van der Waals surface area contributed by atoms with Crippen molar-refractivity contribution in [1.29, 1.82) is 0 Å². The molecule has 0 saturated carbocycles. The van der Waals surface area contributed by atoms with E-state index in [4.69, 9.17) is 9.47 Å². The molecule has 0 radical (unpaired) electrons. The molecule has 3 nitrogen and oxygen atoms in total. The third-order valence-electron chi connectivity index (χ3n) is 3.45. The highest BCUT2D eigenvalue weighted by molar-refractivity contribution is 6.71. The maximum atomic E-state index is 11.9. The van der Waals surface area contributed by atoms with Crippen molar-refractivity contribution in [3.63, 3.8) is 0 Å². The molecule has 0 amide bonds. The quantitative estimate of drug-likeness (QED) is 0.491. The zero-order valence-electron chi connectivity index (χ0n) is 13.5. The van der Waals surface area contributed by atoms with Gasteiger partial charge in [-0.2, -0.15) is 0 Å². The van der Waals surface area contributed by atoms with Crippen LogP contribution in [0.1, 0.15) is 0 Å². The highest BCUT2D eigenvalue weighted by Crippen LogP contribution is 2.13. The summed E-state index contributed by atoms with van der Waals surface area (Å²) in [5, 5.41) is 2.52. The van der Waals surface area contributed by atoms with Crippen LogP contribution in [-0.2, 0) is 0 Å². The molecular weight excluding hydrogens is 308 g/mol. The summed E-state index contributed by atoms with van der Waals surface area (Å²) in [6.45, 7) is 8.94. The van der Waals surface area contributed by atoms with Gasteiger partial charge in [0.25, 0.3) is 0 Å². The topological polar surface area (TPSA) is 35.5 Å². The molecular formula is C17H22O3Si2. The lowest BCUT2D eigenvalue weighted by Crippen LogP contribution is -2.24. The number of ether oxygens (including phenoxy) is 2. The van der Waals surface area contributed by atoms with Gasteiger partial charge in [-0.15, -0.1) is 0 Å². The number of carbonyl (C=O) groups excluding carboxylic acids is 1. The van der Waals surface area contributed by atoms with Gasteiger partial charge in [0.15, 0.2) is 0 Å².